The van der Waals surface area contributed by atoms with Crippen LogP contribution in [0.3, 0.4) is 0 Å². The van der Waals surface area contributed by atoms with Crippen LogP contribution in [0.15, 0.2) is 30.3 Å². The molecule has 0 aliphatic rings. The van der Waals surface area contributed by atoms with Gasteiger partial charge < -0.3 is 0 Å². The van der Waals surface area contributed by atoms with Crippen LogP contribution >= 0.6 is 11.6 Å². The van der Waals surface area contributed by atoms with Crippen molar-refractivity contribution in [1.29, 1.82) is 0 Å². The molecule has 2 aromatic rings. The number of nitro groups is 1. The standard InChI is InChI=1S/C10H5ClFN3O2/c11-10-4-3-8(13-14-10)6-1-2-7(12)9(5-6)15(16)17/h1-5H. The van der Waals surface area contributed by atoms with E-state index in [-0.39, 0.29) is 5.15 Å². The molecule has 86 valence electrons. The Bertz CT molecular complexity index is 574. The SMILES string of the molecule is O=[N+]([O-])c1cc(-c2ccc(Cl)nn2)ccc1F. The Hall–Kier alpha value is -2.08. The molecule has 0 saturated heterocycles. The van der Waals surface area contributed by atoms with Gasteiger partial charge in [0.15, 0.2) is 5.15 Å². The molecule has 0 spiro atoms. The van der Waals surface area contributed by atoms with Gasteiger partial charge in [0.25, 0.3) is 0 Å². The fourth-order valence-corrected chi connectivity index (χ4v) is 1.38. The van der Waals surface area contributed by atoms with Gasteiger partial charge in [-0.2, -0.15) is 4.39 Å². The van der Waals surface area contributed by atoms with E-state index in [1.165, 1.54) is 12.1 Å². The van der Waals surface area contributed by atoms with Gasteiger partial charge in [-0.1, -0.05) is 11.6 Å². The first-order chi connectivity index (χ1) is 8.08. The van der Waals surface area contributed by atoms with Gasteiger partial charge in [0.2, 0.25) is 5.82 Å². The van der Waals surface area contributed by atoms with Crippen molar-refractivity contribution in [1.82, 2.24) is 10.2 Å². The normalized spacial score (nSPS) is 10.2. The van der Waals surface area contributed by atoms with Crippen molar-refractivity contribution in [2.24, 2.45) is 0 Å². The third kappa shape index (κ3) is 2.36. The number of aromatic nitrogens is 2. The van der Waals surface area contributed by atoms with Crippen LogP contribution in [0.1, 0.15) is 0 Å². The van der Waals surface area contributed by atoms with Gasteiger partial charge in [0.05, 0.1) is 10.6 Å². The van der Waals surface area contributed by atoms with Gasteiger partial charge in [-0.05, 0) is 24.3 Å². The van der Waals surface area contributed by atoms with E-state index in [1.54, 1.807) is 6.07 Å². The summed E-state index contributed by atoms with van der Waals surface area (Å²) in [5.41, 5.74) is 0.194. The van der Waals surface area contributed by atoms with Crippen molar-refractivity contribution in [3.8, 4) is 11.3 Å². The number of benzene rings is 1. The fourth-order valence-electron chi connectivity index (χ4n) is 1.28. The van der Waals surface area contributed by atoms with Gasteiger partial charge in [-0.15, -0.1) is 10.2 Å². The Kier molecular flexibility index (Phi) is 2.97. The molecule has 0 amide bonds. The largest absolute Gasteiger partial charge is 0.305 e. The quantitative estimate of drug-likeness (QED) is 0.609. The highest BCUT2D eigenvalue weighted by Gasteiger charge is 2.15. The molecule has 2 rings (SSSR count). The molecular weight excluding hydrogens is 249 g/mol. The van der Waals surface area contributed by atoms with E-state index in [2.05, 4.69) is 10.2 Å². The lowest BCUT2D eigenvalue weighted by Crippen LogP contribution is -1.94. The molecule has 0 radical (unpaired) electrons. The maximum Gasteiger partial charge on any atom is 0.305 e. The Morgan fingerprint density at radius 1 is 1.24 bits per heavy atom. The molecule has 7 heteroatoms. The minimum absolute atomic E-state index is 0.213. The van der Waals surface area contributed by atoms with Crippen LogP contribution in [-0.2, 0) is 0 Å². The van der Waals surface area contributed by atoms with Gasteiger partial charge in [-0.3, -0.25) is 10.1 Å². The average Bonchev–Trinajstić information content (AvgIpc) is 2.30. The number of hydrogen-bond donors (Lipinski definition) is 0. The first kappa shape index (κ1) is 11.4. The van der Waals surface area contributed by atoms with Crippen LogP contribution in [0.4, 0.5) is 10.1 Å². The van der Waals surface area contributed by atoms with Crippen molar-refractivity contribution in [3.05, 3.63) is 51.4 Å². The van der Waals surface area contributed by atoms with E-state index >= 15 is 0 Å². The van der Waals surface area contributed by atoms with Crippen molar-refractivity contribution in [3.63, 3.8) is 0 Å². The second-order valence-corrected chi connectivity index (χ2v) is 3.55. The molecule has 5 nitrogen and oxygen atoms in total. The molecule has 0 aliphatic heterocycles. The third-order valence-corrected chi connectivity index (χ3v) is 2.27. The summed E-state index contributed by atoms with van der Waals surface area (Å²) in [6, 6.07) is 6.56. The molecule has 0 aliphatic carbocycles. The number of halogens is 2. The maximum atomic E-state index is 13.1. The zero-order valence-corrected chi connectivity index (χ0v) is 9.06. The Labute approximate surface area is 100 Å². The van der Waals surface area contributed by atoms with Crippen molar-refractivity contribution < 1.29 is 9.31 Å². The topological polar surface area (TPSA) is 68.9 Å². The van der Waals surface area contributed by atoms with Gasteiger partial charge in [0.1, 0.15) is 0 Å². The van der Waals surface area contributed by atoms with Crippen LogP contribution in [0.2, 0.25) is 5.15 Å². The lowest BCUT2D eigenvalue weighted by atomic mass is 10.1. The van der Waals surface area contributed by atoms with Crippen LogP contribution in [0.5, 0.6) is 0 Å². The van der Waals surface area contributed by atoms with E-state index < -0.39 is 16.4 Å². The summed E-state index contributed by atoms with van der Waals surface area (Å²) < 4.78 is 13.1. The van der Waals surface area contributed by atoms with Crippen LogP contribution in [0.25, 0.3) is 11.3 Å². The lowest BCUT2D eigenvalue weighted by Gasteiger charge is -2.00. The van der Waals surface area contributed by atoms with Gasteiger partial charge >= 0.3 is 5.69 Å². The number of hydrogen-bond acceptors (Lipinski definition) is 4. The molecule has 0 N–H and O–H groups in total. The Morgan fingerprint density at radius 2 is 2.00 bits per heavy atom. The molecule has 1 aromatic heterocycles. The van der Waals surface area contributed by atoms with Crippen LogP contribution in [0, 0.1) is 15.9 Å². The number of rotatable bonds is 2. The molecule has 0 bridgehead atoms. The van der Waals surface area contributed by atoms with E-state index in [9.17, 15) is 14.5 Å². The molecule has 0 saturated carbocycles. The second-order valence-electron chi connectivity index (χ2n) is 3.16. The summed E-state index contributed by atoms with van der Waals surface area (Å²) in [5, 5.41) is 18.1. The van der Waals surface area contributed by atoms with Gasteiger partial charge in [0, 0.05) is 11.6 Å². The second kappa shape index (κ2) is 4.42. The van der Waals surface area contributed by atoms with Crippen molar-refractivity contribution in [2.75, 3.05) is 0 Å². The minimum Gasteiger partial charge on any atom is -0.258 e. The van der Waals surface area contributed by atoms with Crippen molar-refractivity contribution in [2.45, 2.75) is 0 Å². The fraction of sp³-hybridized carbons (Fsp3) is 0. The van der Waals surface area contributed by atoms with E-state index in [0.717, 1.165) is 12.1 Å². The van der Waals surface area contributed by atoms with E-state index in [1.807, 2.05) is 0 Å². The predicted molar refractivity (Wildman–Crippen MR) is 59.1 cm³/mol. The summed E-state index contributed by atoms with van der Waals surface area (Å²) in [5.74, 6) is -0.888. The minimum atomic E-state index is -0.888. The monoisotopic (exact) mass is 253 g/mol. The highest BCUT2D eigenvalue weighted by molar-refractivity contribution is 6.29. The van der Waals surface area contributed by atoms with Gasteiger partial charge in [-0.25, -0.2) is 0 Å². The molecular formula is C10H5ClFN3O2. The molecule has 0 unspecified atom stereocenters. The first-order valence-electron chi connectivity index (χ1n) is 4.51. The zero-order chi connectivity index (χ0) is 12.4. The molecule has 17 heavy (non-hydrogen) atoms. The highest BCUT2D eigenvalue weighted by atomic mass is 35.5. The summed E-state index contributed by atoms with van der Waals surface area (Å²) in [7, 11) is 0. The summed E-state index contributed by atoms with van der Waals surface area (Å²) in [6.45, 7) is 0. The summed E-state index contributed by atoms with van der Waals surface area (Å²) in [4.78, 5) is 9.78. The molecule has 0 fully saturated rings. The smallest absolute Gasteiger partial charge is 0.258 e. The highest BCUT2D eigenvalue weighted by Crippen LogP contribution is 2.24. The van der Waals surface area contributed by atoms with Crippen LogP contribution < -0.4 is 0 Å². The summed E-state index contributed by atoms with van der Waals surface area (Å²) in [6.07, 6.45) is 0. The maximum absolute atomic E-state index is 13.1. The van der Waals surface area contributed by atoms with Crippen molar-refractivity contribution >= 4 is 17.3 Å². The van der Waals surface area contributed by atoms with Crippen LogP contribution in [-0.4, -0.2) is 15.1 Å². The third-order valence-electron chi connectivity index (χ3n) is 2.07. The number of nitrogens with zero attached hydrogens (tertiary/aromatic N) is 3. The first-order valence-corrected chi connectivity index (χ1v) is 4.89. The Morgan fingerprint density at radius 3 is 2.59 bits per heavy atom. The lowest BCUT2D eigenvalue weighted by molar-refractivity contribution is -0.387. The Balaban J connectivity index is 2.50. The van der Waals surface area contributed by atoms with E-state index in [0.29, 0.717) is 11.3 Å². The molecule has 0 atom stereocenters. The molecule has 1 heterocycles. The number of nitro benzene ring substituents is 1. The average molecular weight is 254 g/mol. The predicted octanol–water partition coefficient (Wildman–Crippen LogP) is 2.84. The summed E-state index contributed by atoms with van der Waals surface area (Å²) >= 11 is 5.56. The molecule has 1 aromatic carbocycles. The van der Waals surface area contributed by atoms with E-state index in [4.69, 9.17) is 11.6 Å². The zero-order valence-electron chi connectivity index (χ0n) is 8.30.